The third-order valence-electron chi connectivity index (χ3n) is 5.10. The second-order valence-corrected chi connectivity index (χ2v) is 10.9. The van der Waals surface area contributed by atoms with Gasteiger partial charge in [-0.3, -0.25) is 32.5 Å². The van der Waals surface area contributed by atoms with Gasteiger partial charge >= 0.3 is 72.6 Å². The normalized spacial score (nSPS) is 25.0. The number of phosphoric acid groups is 2. The monoisotopic (exact) mass is 651 g/mol. The Labute approximate surface area is 274 Å². The number of carbonyl (C=O) groups is 2. The second kappa shape index (κ2) is 17.4. The Morgan fingerprint density at radius 1 is 1.24 bits per heavy atom. The molecule has 1 aliphatic rings. The number of aromatic nitrogens is 2. The van der Waals surface area contributed by atoms with Crippen molar-refractivity contribution in [2.75, 3.05) is 13.2 Å². The minimum atomic E-state index is -6.24. The van der Waals surface area contributed by atoms with E-state index in [1.165, 1.54) is 0 Å². The number of phosphoric ester groups is 1. The average Bonchev–Trinajstić information content (AvgIpc) is 3.11. The van der Waals surface area contributed by atoms with Gasteiger partial charge in [0, 0.05) is 19.2 Å². The van der Waals surface area contributed by atoms with Gasteiger partial charge in [-0.1, -0.05) is 0 Å². The van der Waals surface area contributed by atoms with E-state index in [1.54, 1.807) is 0 Å². The summed E-state index contributed by atoms with van der Waals surface area (Å²) in [5.74, 6) is -0.929. The first kappa shape index (κ1) is 40.8. The van der Waals surface area contributed by atoms with E-state index in [0.717, 1.165) is 19.2 Å². The number of rotatable bonds is 14. The summed E-state index contributed by atoms with van der Waals surface area (Å²) in [5.41, 5.74) is -1.86. The van der Waals surface area contributed by atoms with Gasteiger partial charge in [-0.15, -0.1) is 0 Å². The molecule has 9 atom stereocenters. The number of nitrogens with one attached hydrogen (secondary N) is 2. The molecule has 1 aromatic heterocycles. The average molecular weight is 651 g/mol. The molecule has 222 valence electrons. The number of aliphatic hydroxyl groups is 5. The molecule has 0 saturated carbocycles. The maximum Gasteiger partial charge on any atom is 1.00 e. The Balaban J connectivity index is 0.00000800. The number of hydrogen-bond acceptors (Lipinski definition) is 17. The van der Waals surface area contributed by atoms with E-state index < -0.39 is 94.9 Å². The molecule has 1 aromatic rings. The zero-order valence-electron chi connectivity index (χ0n) is 21.7. The topological polar surface area (TPSA) is 319 Å². The fraction of sp³-hybridized carbons (Fsp3) is 0.647. The fourth-order valence-electron chi connectivity index (χ4n) is 3.33. The van der Waals surface area contributed by atoms with Gasteiger partial charge in [-0.25, -0.2) is 9.36 Å². The Morgan fingerprint density at radius 2 is 1.85 bits per heavy atom. The summed E-state index contributed by atoms with van der Waals surface area (Å²) in [4.78, 5) is 70.6. The van der Waals surface area contributed by atoms with Gasteiger partial charge < -0.3 is 54.7 Å². The van der Waals surface area contributed by atoms with E-state index in [9.17, 15) is 58.5 Å². The van der Waals surface area contributed by atoms with E-state index in [0.29, 0.717) is 4.57 Å². The van der Waals surface area contributed by atoms with E-state index in [4.69, 9.17) is 18.9 Å². The summed E-state index contributed by atoms with van der Waals surface area (Å²) >= 11 is 0. The van der Waals surface area contributed by atoms with Crippen molar-refractivity contribution in [2.24, 2.45) is 0 Å². The zero-order valence-corrected chi connectivity index (χ0v) is 27.5. The van der Waals surface area contributed by atoms with Crippen molar-refractivity contribution in [3.63, 3.8) is 0 Å². The van der Waals surface area contributed by atoms with E-state index in [-0.39, 0.29) is 65.4 Å². The van der Waals surface area contributed by atoms with Crippen LogP contribution in [0.25, 0.3) is 0 Å². The van der Waals surface area contributed by atoms with Crippen LogP contribution in [0.3, 0.4) is 0 Å². The SMILES string of the molecule is CC(=O)N[C@@H](C=O)[C@@H](OP(=O)(OC[C@H]1O[C@@H](n2ccc(=O)[nH]c2=O)[C@H](O)[C@@H]1O)OP(=O)([O-])[O-])[C@H](O)[C@H](O)CO.[Na+].[Na+]. The smallest absolute Gasteiger partial charge is 0.789 e. The Morgan fingerprint density at radius 3 is 2.34 bits per heavy atom. The van der Waals surface area contributed by atoms with Crippen LogP contribution in [0.5, 0.6) is 0 Å². The Hall–Kier alpha value is -0.160. The van der Waals surface area contributed by atoms with Gasteiger partial charge in [0.05, 0.1) is 21.0 Å². The summed E-state index contributed by atoms with van der Waals surface area (Å²) in [6.07, 6.45) is -13.2. The van der Waals surface area contributed by atoms with Crippen LogP contribution in [0.1, 0.15) is 13.2 Å². The van der Waals surface area contributed by atoms with E-state index >= 15 is 0 Å². The third-order valence-corrected chi connectivity index (χ3v) is 7.67. The largest absolute Gasteiger partial charge is 1.00 e. The molecule has 7 N–H and O–H groups in total. The molecule has 41 heavy (non-hydrogen) atoms. The van der Waals surface area contributed by atoms with E-state index in [2.05, 4.69) is 4.31 Å². The number of hydrogen-bond donors (Lipinski definition) is 7. The maximum atomic E-state index is 13.1. The van der Waals surface area contributed by atoms with Crippen LogP contribution in [-0.2, 0) is 36.8 Å². The first-order chi connectivity index (χ1) is 18.0. The van der Waals surface area contributed by atoms with Crippen LogP contribution in [0.15, 0.2) is 21.9 Å². The summed E-state index contributed by atoms with van der Waals surface area (Å²) in [6.45, 7) is -1.47. The van der Waals surface area contributed by atoms with Crippen molar-refractivity contribution in [3.8, 4) is 0 Å². The van der Waals surface area contributed by atoms with Crippen molar-refractivity contribution in [1.82, 2.24) is 14.9 Å². The van der Waals surface area contributed by atoms with Gasteiger partial charge in [0.2, 0.25) is 5.91 Å². The Kier molecular flexibility index (Phi) is 17.3. The molecular formula is C17H25N3Na2O17P2. The number of aliphatic hydroxyl groups excluding tert-OH is 5. The fourth-order valence-corrected chi connectivity index (χ4v) is 5.60. The minimum absolute atomic E-state index is 0. The second-order valence-electron chi connectivity index (χ2n) is 8.01. The van der Waals surface area contributed by atoms with Crippen LogP contribution >= 0.6 is 15.6 Å². The number of ether oxygens (including phenoxy) is 1. The predicted molar refractivity (Wildman–Crippen MR) is 117 cm³/mol. The minimum Gasteiger partial charge on any atom is -0.789 e. The van der Waals surface area contributed by atoms with Crippen LogP contribution in [0, 0.1) is 0 Å². The molecule has 0 aromatic carbocycles. The Bertz CT molecular complexity index is 1230. The first-order valence-electron chi connectivity index (χ1n) is 10.7. The van der Waals surface area contributed by atoms with Crippen LogP contribution < -0.4 is 85.5 Å². The summed E-state index contributed by atoms with van der Waals surface area (Å²) in [7, 11) is -12.0. The molecule has 0 radical (unpaired) electrons. The third kappa shape index (κ3) is 11.7. The molecular weight excluding hydrogens is 626 g/mol. The number of aldehydes is 1. The molecule has 2 rings (SSSR count). The summed E-state index contributed by atoms with van der Waals surface area (Å²) < 4.78 is 43.7. The van der Waals surface area contributed by atoms with Crippen molar-refractivity contribution >= 4 is 27.8 Å². The van der Waals surface area contributed by atoms with Gasteiger partial charge in [0.1, 0.15) is 49.0 Å². The van der Waals surface area contributed by atoms with Crippen LogP contribution in [0.2, 0.25) is 0 Å². The summed E-state index contributed by atoms with van der Waals surface area (Å²) in [6, 6.07) is -1.10. The molecule has 1 aliphatic heterocycles. The van der Waals surface area contributed by atoms with Crippen molar-refractivity contribution in [1.29, 1.82) is 0 Å². The molecule has 24 heteroatoms. The van der Waals surface area contributed by atoms with Crippen molar-refractivity contribution in [3.05, 3.63) is 33.1 Å². The van der Waals surface area contributed by atoms with Crippen molar-refractivity contribution < 1.29 is 131 Å². The molecule has 0 spiro atoms. The number of carbonyl (C=O) groups excluding carboxylic acids is 2. The molecule has 1 amide bonds. The number of nitrogens with zero attached hydrogens (tertiary/aromatic N) is 1. The predicted octanol–water partition coefficient (Wildman–Crippen LogP) is -12.1. The van der Waals surface area contributed by atoms with Crippen LogP contribution in [0.4, 0.5) is 0 Å². The first-order valence-corrected chi connectivity index (χ1v) is 13.6. The quantitative estimate of drug-likeness (QED) is 0.0558. The van der Waals surface area contributed by atoms with Gasteiger partial charge in [0.25, 0.3) is 5.56 Å². The zero-order chi connectivity index (χ0) is 29.7. The van der Waals surface area contributed by atoms with Gasteiger partial charge in [-0.05, 0) is 0 Å². The number of H-pyrrole nitrogens is 1. The van der Waals surface area contributed by atoms with Crippen LogP contribution in [-0.4, -0.2) is 103 Å². The molecule has 1 fully saturated rings. The summed E-state index contributed by atoms with van der Waals surface area (Å²) in [5, 5.41) is 51.6. The molecule has 2 heterocycles. The molecule has 0 bridgehead atoms. The molecule has 1 unspecified atom stereocenters. The molecule has 20 nitrogen and oxygen atoms in total. The van der Waals surface area contributed by atoms with Gasteiger partial charge in [-0.2, -0.15) is 0 Å². The molecule has 0 aliphatic carbocycles. The molecule has 1 saturated heterocycles. The number of aromatic amines is 1. The van der Waals surface area contributed by atoms with E-state index in [1.807, 2.05) is 10.3 Å². The van der Waals surface area contributed by atoms with Crippen molar-refractivity contribution in [2.45, 2.75) is 55.8 Å². The number of amides is 1. The van der Waals surface area contributed by atoms with Gasteiger partial charge in [0.15, 0.2) is 6.23 Å². The maximum absolute atomic E-state index is 13.1. The standard InChI is InChI=1S/C17H27N3O17P2.2Na/c1-7(23)18-8(4-21)15(12(26)9(24)5-22)36-39(33,37-38(30,31)32)34-6-10-13(27)14(28)16(35-10)20-3-2-11(25)19-17(20)29;;/h2-4,8-10,12-16,22,24,26-28H,5-6H2,1H3,(H,18,23)(H,19,25,29)(H2,30,31,32);;/q;2*+1/p-2/t8-,9+,10+,12+,13+,14+,15+,16+,39?;;/m0../s1.